The van der Waals surface area contributed by atoms with Gasteiger partial charge in [0.2, 0.25) is 20.0 Å². The number of carbonyl (C=O) groups excluding carboxylic acids is 2. The van der Waals surface area contributed by atoms with E-state index in [2.05, 4.69) is 20.6 Å². The van der Waals surface area contributed by atoms with Crippen molar-refractivity contribution in [1.82, 2.24) is 18.6 Å². The lowest BCUT2D eigenvalue weighted by molar-refractivity contribution is 0.101. The van der Waals surface area contributed by atoms with Crippen LogP contribution >= 0.6 is 22.7 Å². The van der Waals surface area contributed by atoms with Crippen LogP contribution in [0, 0.1) is 0 Å². The van der Waals surface area contributed by atoms with E-state index in [4.69, 9.17) is 4.74 Å². The summed E-state index contributed by atoms with van der Waals surface area (Å²) in [5, 5.41) is 10.1. The van der Waals surface area contributed by atoms with Gasteiger partial charge in [0.1, 0.15) is 11.5 Å². The number of anilines is 2. The van der Waals surface area contributed by atoms with Crippen LogP contribution in [0.4, 0.5) is 10.3 Å². The molecule has 61 heavy (non-hydrogen) atoms. The molecule has 0 aliphatic heterocycles. The van der Waals surface area contributed by atoms with Crippen LogP contribution in [0.2, 0.25) is 0 Å². The molecule has 0 radical (unpaired) electrons. The lowest BCUT2D eigenvalue weighted by Crippen LogP contribution is -2.31. The molecule has 2 aromatic heterocycles. The van der Waals surface area contributed by atoms with Gasteiger partial charge < -0.3 is 4.74 Å². The average Bonchev–Trinajstić information content (AvgIpc) is 3.95. The fourth-order valence-electron chi connectivity index (χ4n) is 6.21. The van der Waals surface area contributed by atoms with E-state index in [1.165, 1.54) is 79.8 Å². The van der Waals surface area contributed by atoms with Gasteiger partial charge in [0.25, 0.3) is 11.8 Å². The van der Waals surface area contributed by atoms with Gasteiger partial charge in [0.05, 0.1) is 21.2 Å². The number of amides is 2. The van der Waals surface area contributed by atoms with E-state index in [-0.39, 0.29) is 9.79 Å². The Morgan fingerprint density at radius 3 is 1.25 bits per heavy atom. The van der Waals surface area contributed by atoms with Crippen LogP contribution in [0.3, 0.4) is 0 Å². The quantitative estimate of drug-likeness (QED) is 0.0758. The number of nitrogens with one attached hydrogen (secondary N) is 2. The highest BCUT2D eigenvalue weighted by atomic mass is 32.2. The molecule has 0 aliphatic carbocycles. The molecule has 0 saturated heterocycles. The van der Waals surface area contributed by atoms with Crippen molar-refractivity contribution in [3.8, 4) is 34.0 Å². The van der Waals surface area contributed by atoms with E-state index in [1.54, 1.807) is 0 Å². The van der Waals surface area contributed by atoms with Crippen LogP contribution in [-0.2, 0) is 20.0 Å². The summed E-state index contributed by atoms with van der Waals surface area (Å²) in [6.07, 6.45) is 3.33. The molecular formula is C44H48N6O7S4. The smallest absolute Gasteiger partial charge is 0.257 e. The largest absolute Gasteiger partial charge is 0.457 e. The molecule has 6 aromatic rings. The van der Waals surface area contributed by atoms with E-state index in [0.717, 1.165) is 36.8 Å². The summed E-state index contributed by atoms with van der Waals surface area (Å²) in [4.78, 5) is 35.4. The molecule has 0 aliphatic rings. The highest BCUT2D eigenvalue weighted by Crippen LogP contribution is 2.31. The Hall–Kier alpha value is -5.30. The average molecular weight is 901 g/mol. The number of benzene rings is 4. The van der Waals surface area contributed by atoms with E-state index >= 15 is 0 Å². The summed E-state index contributed by atoms with van der Waals surface area (Å²) < 4.78 is 61.2. The van der Waals surface area contributed by atoms with Crippen molar-refractivity contribution in [2.24, 2.45) is 0 Å². The van der Waals surface area contributed by atoms with Gasteiger partial charge in [0, 0.05) is 59.2 Å². The summed E-state index contributed by atoms with van der Waals surface area (Å²) >= 11 is 2.56. The van der Waals surface area contributed by atoms with Gasteiger partial charge in [-0.2, -0.15) is 8.61 Å². The molecule has 320 valence electrons. The van der Waals surface area contributed by atoms with E-state index in [9.17, 15) is 26.4 Å². The van der Waals surface area contributed by atoms with E-state index in [0.29, 0.717) is 70.5 Å². The summed E-state index contributed by atoms with van der Waals surface area (Å²) in [7, 11) is -7.29. The Morgan fingerprint density at radius 1 is 0.557 bits per heavy atom. The normalized spacial score (nSPS) is 11.8. The van der Waals surface area contributed by atoms with Gasteiger partial charge in [-0.3, -0.25) is 20.2 Å². The third kappa shape index (κ3) is 11.2. The first-order valence-electron chi connectivity index (χ1n) is 20.0. The number of hydrogen-bond donors (Lipinski definition) is 2. The monoisotopic (exact) mass is 900 g/mol. The van der Waals surface area contributed by atoms with E-state index in [1.807, 2.05) is 87.0 Å². The zero-order chi connectivity index (χ0) is 43.6. The first kappa shape index (κ1) is 45.2. The molecular weight excluding hydrogens is 853 g/mol. The van der Waals surface area contributed by atoms with Gasteiger partial charge in [-0.25, -0.2) is 26.8 Å². The van der Waals surface area contributed by atoms with Crippen LogP contribution in [0.5, 0.6) is 11.5 Å². The molecule has 6 rings (SSSR count). The van der Waals surface area contributed by atoms with Gasteiger partial charge in [-0.05, 0) is 110 Å². The SMILES string of the molecule is CCCCN(CC)S(=O)(=O)c1ccc(C(=O)Nc2nc(-c3ccc(Oc4ccc(-c5csc(NC(=O)c6ccc(S(=O)(=O)N(CC)CCCC)cc6)n5)cc4)cc3)cs2)cc1. The molecule has 0 spiro atoms. The molecule has 0 unspecified atom stereocenters. The van der Waals surface area contributed by atoms with Crippen molar-refractivity contribution in [1.29, 1.82) is 0 Å². The topological polar surface area (TPSA) is 168 Å². The first-order chi connectivity index (χ1) is 29.4. The maximum Gasteiger partial charge on any atom is 0.257 e. The fraction of sp³-hybridized carbons (Fsp3) is 0.273. The summed E-state index contributed by atoms with van der Waals surface area (Å²) in [6, 6.07) is 26.7. The Morgan fingerprint density at radius 2 is 0.918 bits per heavy atom. The zero-order valence-corrected chi connectivity index (χ0v) is 37.6. The first-order valence-corrected chi connectivity index (χ1v) is 24.6. The van der Waals surface area contributed by atoms with Crippen molar-refractivity contribution in [3.05, 3.63) is 119 Å². The number of carbonyl (C=O) groups is 2. The Bertz CT molecular complexity index is 2450. The summed E-state index contributed by atoms with van der Waals surface area (Å²) in [6.45, 7) is 9.30. The molecule has 2 heterocycles. The summed E-state index contributed by atoms with van der Waals surface area (Å²) in [5.74, 6) is 0.440. The van der Waals surface area contributed by atoms with Gasteiger partial charge in [0.15, 0.2) is 10.3 Å². The lowest BCUT2D eigenvalue weighted by atomic mass is 10.1. The van der Waals surface area contributed by atoms with Crippen molar-refractivity contribution in [2.75, 3.05) is 36.8 Å². The minimum atomic E-state index is -3.64. The molecule has 2 amide bonds. The summed E-state index contributed by atoms with van der Waals surface area (Å²) in [5.41, 5.74) is 3.64. The Balaban J connectivity index is 1.00. The number of ether oxygens (including phenoxy) is 1. The molecule has 0 saturated carbocycles. The van der Waals surface area contributed by atoms with Crippen molar-refractivity contribution < 1.29 is 31.2 Å². The minimum absolute atomic E-state index is 0.150. The second-order valence-electron chi connectivity index (χ2n) is 13.9. The van der Waals surface area contributed by atoms with Crippen molar-refractivity contribution in [2.45, 2.75) is 63.2 Å². The Labute approximate surface area is 365 Å². The van der Waals surface area contributed by atoms with Gasteiger partial charge in [-0.1, -0.05) is 40.5 Å². The second-order valence-corrected chi connectivity index (χ2v) is 19.5. The third-order valence-electron chi connectivity index (χ3n) is 9.72. The van der Waals surface area contributed by atoms with Crippen LogP contribution in [0.1, 0.15) is 74.1 Å². The molecule has 13 nitrogen and oxygen atoms in total. The van der Waals surface area contributed by atoms with Crippen LogP contribution in [-0.4, -0.2) is 73.4 Å². The molecule has 4 aromatic carbocycles. The highest BCUT2D eigenvalue weighted by Gasteiger charge is 2.24. The van der Waals surface area contributed by atoms with Crippen molar-refractivity contribution in [3.63, 3.8) is 0 Å². The van der Waals surface area contributed by atoms with E-state index < -0.39 is 31.9 Å². The fourth-order valence-corrected chi connectivity index (χ4v) is 10.6. The minimum Gasteiger partial charge on any atom is -0.457 e. The lowest BCUT2D eigenvalue weighted by Gasteiger charge is -2.20. The maximum atomic E-state index is 13.1. The van der Waals surface area contributed by atoms with Crippen LogP contribution < -0.4 is 15.4 Å². The van der Waals surface area contributed by atoms with Gasteiger partial charge in [-0.15, -0.1) is 22.7 Å². The molecule has 0 atom stereocenters. The van der Waals surface area contributed by atoms with Crippen molar-refractivity contribution >= 4 is 64.8 Å². The van der Waals surface area contributed by atoms with Crippen LogP contribution in [0.25, 0.3) is 22.5 Å². The molecule has 17 heteroatoms. The number of rotatable bonds is 20. The maximum absolute atomic E-state index is 13.1. The standard InChI is InChI=1S/C44H48N6O7S4/c1-5-9-27-49(7-3)60(53,54)37-23-15-33(16-24-37)41(51)47-43-45-39(29-58-43)31-11-19-35(20-12-31)57-36-21-13-32(14-22-36)40-30-59-44(46-40)48-42(52)34-17-25-38(26-18-34)61(55,56)50(8-4)28-10-6-2/h11-26,29-30H,5-10,27-28H2,1-4H3,(H,45,47,51)(H,46,48,52). The number of aromatic nitrogens is 2. The third-order valence-corrected chi connectivity index (χ3v) is 15.2. The highest BCUT2D eigenvalue weighted by molar-refractivity contribution is 7.89. The number of unbranched alkanes of at least 4 members (excludes halogenated alkanes) is 2. The molecule has 2 N–H and O–H groups in total. The Kier molecular flexibility index (Phi) is 15.2. The molecule has 0 bridgehead atoms. The second kappa shape index (κ2) is 20.5. The zero-order valence-electron chi connectivity index (χ0n) is 34.3. The number of sulfonamides is 2. The number of hydrogen-bond acceptors (Lipinski definition) is 11. The predicted molar refractivity (Wildman–Crippen MR) is 243 cm³/mol. The van der Waals surface area contributed by atoms with Gasteiger partial charge >= 0.3 is 0 Å². The van der Waals surface area contributed by atoms with Crippen LogP contribution in [0.15, 0.2) is 118 Å². The predicted octanol–water partition coefficient (Wildman–Crippen LogP) is 9.85. The molecule has 0 fully saturated rings. The number of nitrogens with zero attached hydrogens (tertiary/aromatic N) is 4. The number of thiazole rings is 2.